The molecule has 0 aliphatic rings. The number of amides is 1. The maximum atomic E-state index is 12.8. The zero-order valence-corrected chi connectivity index (χ0v) is 13.8. The SMILES string of the molecule is Cc1ccc([C@H](C(=O)N(C)Cc2cc(C)no2)N(C)C)cc1. The van der Waals surface area contributed by atoms with Crippen molar-refractivity contribution in [2.24, 2.45) is 0 Å². The van der Waals surface area contributed by atoms with Gasteiger partial charge in [-0.05, 0) is 33.5 Å². The van der Waals surface area contributed by atoms with Crippen LogP contribution in [0.1, 0.15) is 28.6 Å². The van der Waals surface area contributed by atoms with Gasteiger partial charge >= 0.3 is 0 Å². The van der Waals surface area contributed by atoms with Gasteiger partial charge in [-0.15, -0.1) is 0 Å². The summed E-state index contributed by atoms with van der Waals surface area (Å²) in [5.41, 5.74) is 2.99. The average Bonchev–Trinajstić information content (AvgIpc) is 2.86. The maximum Gasteiger partial charge on any atom is 0.244 e. The number of benzene rings is 1. The Morgan fingerprint density at radius 1 is 1.18 bits per heavy atom. The Balaban J connectivity index is 2.17. The monoisotopic (exact) mass is 301 g/mol. The fourth-order valence-electron chi connectivity index (χ4n) is 2.42. The molecule has 0 saturated heterocycles. The lowest BCUT2D eigenvalue weighted by atomic mass is 10.0. The molecule has 5 nitrogen and oxygen atoms in total. The molecule has 0 aliphatic heterocycles. The van der Waals surface area contributed by atoms with E-state index in [9.17, 15) is 4.79 Å². The molecule has 0 bridgehead atoms. The molecule has 0 unspecified atom stereocenters. The molecule has 1 heterocycles. The molecule has 118 valence electrons. The van der Waals surface area contributed by atoms with Crippen LogP contribution in [0.2, 0.25) is 0 Å². The van der Waals surface area contributed by atoms with Gasteiger partial charge in [0.1, 0.15) is 6.04 Å². The van der Waals surface area contributed by atoms with Gasteiger partial charge in [0.05, 0.1) is 12.2 Å². The van der Waals surface area contributed by atoms with Gasteiger partial charge in [0.15, 0.2) is 5.76 Å². The van der Waals surface area contributed by atoms with Crippen LogP contribution in [0, 0.1) is 13.8 Å². The van der Waals surface area contributed by atoms with Gasteiger partial charge in [0.2, 0.25) is 5.91 Å². The van der Waals surface area contributed by atoms with Gasteiger partial charge in [-0.1, -0.05) is 35.0 Å². The van der Waals surface area contributed by atoms with E-state index in [2.05, 4.69) is 5.16 Å². The van der Waals surface area contributed by atoms with Crippen molar-refractivity contribution >= 4 is 5.91 Å². The molecule has 22 heavy (non-hydrogen) atoms. The van der Waals surface area contributed by atoms with Gasteiger partial charge in [-0.25, -0.2) is 0 Å². The maximum absolute atomic E-state index is 12.8. The van der Waals surface area contributed by atoms with Crippen molar-refractivity contribution in [2.75, 3.05) is 21.1 Å². The third kappa shape index (κ3) is 3.74. The van der Waals surface area contributed by atoms with Crippen molar-refractivity contribution in [3.05, 3.63) is 52.9 Å². The smallest absolute Gasteiger partial charge is 0.244 e. The van der Waals surface area contributed by atoms with E-state index in [0.29, 0.717) is 12.3 Å². The van der Waals surface area contributed by atoms with Crippen LogP contribution in [0.25, 0.3) is 0 Å². The van der Waals surface area contributed by atoms with E-state index in [1.807, 2.05) is 63.2 Å². The molecule has 2 aromatic rings. The predicted molar refractivity (Wildman–Crippen MR) is 85.3 cm³/mol. The third-order valence-electron chi connectivity index (χ3n) is 3.59. The molecule has 1 amide bonds. The lowest BCUT2D eigenvalue weighted by Gasteiger charge is -2.28. The molecular weight excluding hydrogens is 278 g/mol. The largest absolute Gasteiger partial charge is 0.359 e. The second kappa shape index (κ2) is 6.75. The van der Waals surface area contributed by atoms with Crippen molar-refractivity contribution in [1.82, 2.24) is 15.0 Å². The molecule has 1 aromatic heterocycles. The summed E-state index contributed by atoms with van der Waals surface area (Å²) >= 11 is 0. The summed E-state index contributed by atoms with van der Waals surface area (Å²) < 4.78 is 5.19. The molecule has 0 N–H and O–H groups in total. The van der Waals surface area contributed by atoms with Crippen LogP contribution in [0.5, 0.6) is 0 Å². The zero-order valence-electron chi connectivity index (χ0n) is 13.8. The van der Waals surface area contributed by atoms with Crippen LogP contribution in [0.3, 0.4) is 0 Å². The Bertz CT molecular complexity index is 632. The number of aromatic nitrogens is 1. The molecule has 0 saturated carbocycles. The molecule has 2 rings (SSSR count). The van der Waals surface area contributed by atoms with Gasteiger partial charge < -0.3 is 9.42 Å². The van der Waals surface area contributed by atoms with E-state index in [0.717, 1.165) is 11.3 Å². The number of hydrogen-bond acceptors (Lipinski definition) is 4. The fraction of sp³-hybridized carbons (Fsp3) is 0.412. The quantitative estimate of drug-likeness (QED) is 0.851. The minimum atomic E-state index is -0.311. The molecule has 0 spiro atoms. The van der Waals surface area contributed by atoms with Gasteiger partial charge in [-0.3, -0.25) is 9.69 Å². The minimum Gasteiger partial charge on any atom is -0.359 e. The lowest BCUT2D eigenvalue weighted by molar-refractivity contribution is -0.135. The molecular formula is C17H23N3O2. The van der Waals surface area contributed by atoms with Crippen molar-refractivity contribution in [2.45, 2.75) is 26.4 Å². The topological polar surface area (TPSA) is 49.6 Å². The summed E-state index contributed by atoms with van der Waals surface area (Å²) in [5.74, 6) is 0.720. The number of carbonyl (C=O) groups is 1. The van der Waals surface area contributed by atoms with Crippen molar-refractivity contribution in [1.29, 1.82) is 0 Å². The highest BCUT2D eigenvalue weighted by Gasteiger charge is 2.26. The number of carbonyl (C=O) groups excluding carboxylic acids is 1. The van der Waals surface area contributed by atoms with Crippen LogP contribution < -0.4 is 0 Å². The number of hydrogen-bond donors (Lipinski definition) is 0. The summed E-state index contributed by atoms with van der Waals surface area (Å²) in [6.07, 6.45) is 0. The minimum absolute atomic E-state index is 0.0305. The summed E-state index contributed by atoms with van der Waals surface area (Å²) in [7, 11) is 5.61. The second-order valence-electron chi connectivity index (χ2n) is 5.91. The first-order chi connectivity index (χ1) is 10.4. The lowest BCUT2D eigenvalue weighted by Crippen LogP contribution is -2.38. The zero-order chi connectivity index (χ0) is 16.3. The summed E-state index contributed by atoms with van der Waals surface area (Å²) in [4.78, 5) is 16.4. The Kier molecular flexibility index (Phi) is 4.98. The van der Waals surface area contributed by atoms with E-state index in [4.69, 9.17) is 4.52 Å². The highest BCUT2D eigenvalue weighted by molar-refractivity contribution is 5.83. The van der Waals surface area contributed by atoms with Crippen molar-refractivity contribution < 1.29 is 9.32 Å². The first-order valence-corrected chi connectivity index (χ1v) is 7.28. The number of rotatable bonds is 5. The number of likely N-dealkylation sites (N-methyl/N-ethyl adjacent to an activating group) is 2. The molecule has 1 atom stereocenters. The van der Waals surface area contributed by atoms with Gasteiger partial charge in [-0.2, -0.15) is 0 Å². The third-order valence-corrected chi connectivity index (χ3v) is 3.59. The van der Waals surface area contributed by atoms with Crippen LogP contribution in [0.15, 0.2) is 34.9 Å². The predicted octanol–water partition coefficient (Wildman–Crippen LogP) is 2.55. The van der Waals surface area contributed by atoms with E-state index in [-0.39, 0.29) is 11.9 Å². The average molecular weight is 301 g/mol. The molecule has 1 aromatic carbocycles. The summed E-state index contributed by atoms with van der Waals surface area (Å²) in [6, 6.07) is 9.60. The Hall–Kier alpha value is -2.14. The summed E-state index contributed by atoms with van der Waals surface area (Å²) in [6.45, 7) is 4.31. The number of nitrogens with zero attached hydrogens (tertiary/aromatic N) is 3. The van der Waals surface area contributed by atoms with E-state index in [1.54, 1.807) is 11.9 Å². The molecule has 0 radical (unpaired) electrons. The van der Waals surface area contributed by atoms with Gasteiger partial charge in [0.25, 0.3) is 0 Å². The van der Waals surface area contributed by atoms with E-state index in [1.165, 1.54) is 5.56 Å². The Morgan fingerprint density at radius 2 is 1.82 bits per heavy atom. The van der Waals surface area contributed by atoms with Gasteiger partial charge in [0, 0.05) is 13.1 Å². The first kappa shape index (κ1) is 16.2. The highest BCUT2D eigenvalue weighted by atomic mass is 16.5. The molecule has 0 fully saturated rings. The highest BCUT2D eigenvalue weighted by Crippen LogP contribution is 2.22. The number of aryl methyl sites for hydroxylation is 2. The van der Waals surface area contributed by atoms with Crippen LogP contribution in [-0.4, -0.2) is 42.0 Å². The first-order valence-electron chi connectivity index (χ1n) is 7.28. The van der Waals surface area contributed by atoms with E-state index >= 15 is 0 Å². The Labute approximate surface area is 131 Å². The van der Waals surface area contributed by atoms with Crippen LogP contribution >= 0.6 is 0 Å². The van der Waals surface area contributed by atoms with Crippen LogP contribution in [-0.2, 0) is 11.3 Å². The molecule has 5 heteroatoms. The summed E-state index contributed by atoms with van der Waals surface area (Å²) in [5, 5.41) is 3.85. The van der Waals surface area contributed by atoms with Crippen molar-refractivity contribution in [3.63, 3.8) is 0 Å². The normalized spacial score (nSPS) is 12.5. The van der Waals surface area contributed by atoms with Crippen molar-refractivity contribution in [3.8, 4) is 0 Å². The second-order valence-corrected chi connectivity index (χ2v) is 5.91. The Morgan fingerprint density at radius 3 is 2.32 bits per heavy atom. The van der Waals surface area contributed by atoms with Crippen LogP contribution in [0.4, 0.5) is 0 Å². The van der Waals surface area contributed by atoms with E-state index < -0.39 is 0 Å². The fourth-order valence-corrected chi connectivity index (χ4v) is 2.42. The standard InChI is InChI=1S/C17H23N3O2/c1-12-6-8-14(9-7-12)16(19(3)4)17(21)20(5)11-15-10-13(2)18-22-15/h6-10,16H,11H2,1-5H3/t16-/m1/s1. The molecule has 0 aliphatic carbocycles.